The molecule has 1 amide bonds. The van der Waals surface area contributed by atoms with Gasteiger partial charge in [-0.25, -0.2) is 14.4 Å². The molecule has 0 spiro atoms. The number of aliphatic hydroxyl groups is 1. The molecule has 5 aromatic rings. The fourth-order valence-corrected chi connectivity index (χ4v) is 6.33. The third-order valence-electron chi connectivity index (χ3n) is 6.98. The van der Waals surface area contributed by atoms with Gasteiger partial charge in [-0.15, -0.1) is 0 Å². The number of aliphatic hydroxyl groups excluding tert-OH is 1. The quantitative estimate of drug-likeness (QED) is 0.179. The van der Waals surface area contributed by atoms with Gasteiger partial charge in [0, 0.05) is 11.8 Å². The van der Waals surface area contributed by atoms with Crippen LogP contribution >= 0.6 is 11.3 Å². The number of Topliss-reactive ketones (excluding diaryl/α,β-unsaturated/α-hetero) is 1. The van der Waals surface area contributed by atoms with E-state index in [-0.39, 0.29) is 22.0 Å². The van der Waals surface area contributed by atoms with Crippen molar-refractivity contribution in [3.05, 3.63) is 99.8 Å². The lowest BCUT2D eigenvalue weighted by atomic mass is 9.96. The zero-order chi connectivity index (χ0) is 26.9. The maximum atomic E-state index is 15.3. The number of amides is 1. The molecular weight excluding hydrogens is 503 g/mol. The van der Waals surface area contributed by atoms with Gasteiger partial charge in [0.1, 0.15) is 23.2 Å². The second-order valence-electron chi connectivity index (χ2n) is 9.55. The second-order valence-corrected chi connectivity index (χ2v) is 10.6. The van der Waals surface area contributed by atoms with Crippen LogP contribution in [0.5, 0.6) is 0 Å². The first kappa shape index (κ1) is 24.0. The molecule has 7 nitrogen and oxygen atoms in total. The molecule has 0 radical (unpaired) electrons. The van der Waals surface area contributed by atoms with Crippen molar-refractivity contribution in [2.75, 3.05) is 4.90 Å². The SMILES string of the molecule is Cc1cc(C)c2nc(N3C(=O)C(=O)/C(=C(/O)c4nc5c(C)cccn5c4C)C3c3ccccc3F)sc2c1. The molecule has 3 aromatic heterocycles. The van der Waals surface area contributed by atoms with Crippen molar-refractivity contribution < 1.29 is 19.1 Å². The van der Waals surface area contributed by atoms with Crippen molar-refractivity contribution in [3.63, 3.8) is 0 Å². The molecule has 1 N–H and O–H groups in total. The summed E-state index contributed by atoms with van der Waals surface area (Å²) in [5, 5.41) is 11.8. The van der Waals surface area contributed by atoms with Gasteiger partial charge < -0.3 is 9.51 Å². The number of imidazole rings is 1. The number of aromatic nitrogens is 3. The Kier molecular flexibility index (Phi) is 5.43. The minimum Gasteiger partial charge on any atom is -0.505 e. The minimum atomic E-state index is -1.22. The first-order valence-electron chi connectivity index (χ1n) is 12.0. The fraction of sp³-hybridized carbons (Fsp3) is 0.172. The second kappa shape index (κ2) is 8.59. The number of ketones is 1. The predicted octanol–water partition coefficient (Wildman–Crippen LogP) is 5.94. The van der Waals surface area contributed by atoms with E-state index in [0.717, 1.165) is 21.4 Å². The lowest BCUT2D eigenvalue weighted by Crippen LogP contribution is -2.29. The summed E-state index contributed by atoms with van der Waals surface area (Å²) in [4.78, 5) is 37.5. The predicted molar refractivity (Wildman–Crippen MR) is 145 cm³/mol. The first-order chi connectivity index (χ1) is 18.2. The van der Waals surface area contributed by atoms with E-state index in [1.807, 2.05) is 45.0 Å². The van der Waals surface area contributed by atoms with E-state index in [2.05, 4.69) is 9.97 Å². The highest BCUT2D eigenvalue weighted by molar-refractivity contribution is 7.22. The Morgan fingerprint density at radius 1 is 1.00 bits per heavy atom. The molecule has 190 valence electrons. The van der Waals surface area contributed by atoms with Crippen molar-refractivity contribution in [1.82, 2.24) is 14.4 Å². The molecule has 38 heavy (non-hydrogen) atoms. The highest BCUT2D eigenvalue weighted by atomic mass is 32.1. The normalized spacial score (nSPS) is 17.3. The van der Waals surface area contributed by atoms with Crippen molar-refractivity contribution in [2.45, 2.75) is 33.7 Å². The standard InChI is InChI=1S/C29H23FN4O3S/c1-14-12-16(3)22-20(13-14)38-29(32-22)34-24(18-9-5-6-10-19(18)30)21(26(36)28(34)37)25(35)23-17(4)33-11-7-8-15(2)27(33)31-23/h5-13,24,35H,1-4H3/b25-21+. The number of nitrogens with zero attached hydrogens (tertiary/aromatic N) is 4. The van der Waals surface area contributed by atoms with Gasteiger partial charge in [-0.2, -0.15) is 0 Å². The van der Waals surface area contributed by atoms with E-state index in [9.17, 15) is 14.7 Å². The Morgan fingerprint density at radius 3 is 2.50 bits per heavy atom. The van der Waals surface area contributed by atoms with E-state index in [1.165, 1.54) is 34.4 Å². The van der Waals surface area contributed by atoms with Crippen LogP contribution in [0.25, 0.3) is 21.6 Å². The van der Waals surface area contributed by atoms with Crippen LogP contribution in [-0.4, -0.2) is 31.2 Å². The summed E-state index contributed by atoms with van der Waals surface area (Å²) in [5.74, 6) is -2.86. The van der Waals surface area contributed by atoms with E-state index >= 15 is 4.39 Å². The third kappa shape index (κ3) is 3.46. The van der Waals surface area contributed by atoms with Crippen molar-refractivity contribution in [2.24, 2.45) is 0 Å². The summed E-state index contributed by atoms with van der Waals surface area (Å²) in [6, 6.07) is 12.4. The molecule has 1 aliphatic heterocycles. The van der Waals surface area contributed by atoms with E-state index in [4.69, 9.17) is 0 Å². The molecule has 6 rings (SSSR count). The molecule has 1 saturated heterocycles. The van der Waals surface area contributed by atoms with Gasteiger partial charge in [-0.1, -0.05) is 41.7 Å². The number of carbonyl (C=O) groups excluding carboxylic acids is 2. The zero-order valence-electron chi connectivity index (χ0n) is 21.1. The molecule has 0 bridgehead atoms. The van der Waals surface area contributed by atoms with Crippen molar-refractivity contribution >= 4 is 49.8 Å². The highest BCUT2D eigenvalue weighted by Gasteiger charge is 2.49. The zero-order valence-corrected chi connectivity index (χ0v) is 21.9. The Balaban J connectivity index is 1.62. The summed E-state index contributed by atoms with van der Waals surface area (Å²) in [7, 11) is 0. The summed E-state index contributed by atoms with van der Waals surface area (Å²) >= 11 is 1.25. The maximum Gasteiger partial charge on any atom is 0.301 e. The minimum absolute atomic E-state index is 0.0815. The summed E-state index contributed by atoms with van der Waals surface area (Å²) in [5.41, 5.74) is 4.76. The summed E-state index contributed by atoms with van der Waals surface area (Å²) in [6.07, 6.45) is 1.81. The van der Waals surface area contributed by atoms with Gasteiger partial charge in [0.25, 0.3) is 5.78 Å². The Bertz CT molecular complexity index is 1850. The number of aryl methyl sites for hydroxylation is 4. The van der Waals surface area contributed by atoms with Gasteiger partial charge in [0.15, 0.2) is 10.9 Å². The van der Waals surface area contributed by atoms with E-state index in [1.54, 1.807) is 23.6 Å². The molecule has 2 aromatic carbocycles. The van der Waals surface area contributed by atoms with Gasteiger partial charge in [-0.05, 0) is 62.6 Å². The number of pyridine rings is 1. The van der Waals surface area contributed by atoms with Crippen molar-refractivity contribution in [1.29, 1.82) is 0 Å². The number of hydrogen-bond donors (Lipinski definition) is 1. The van der Waals surface area contributed by atoms with Crippen LogP contribution in [0, 0.1) is 33.5 Å². The van der Waals surface area contributed by atoms with Crippen LogP contribution in [0.4, 0.5) is 9.52 Å². The van der Waals surface area contributed by atoms with E-state index in [0.29, 0.717) is 16.9 Å². The lowest BCUT2D eigenvalue weighted by Gasteiger charge is -2.23. The summed E-state index contributed by atoms with van der Waals surface area (Å²) < 4.78 is 17.9. The Hall–Kier alpha value is -4.37. The Morgan fingerprint density at radius 2 is 1.76 bits per heavy atom. The number of hydrogen-bond acceptors (Lipinski definition) is 6. The molecular formula is C29H23FN4O3S. The van der Waals surface area contributed by atoms with Gasteiger partial charge in [-0.3, -0.25) is 14.5 Å². The van der Waals surface area contributed by atoms with Crippen molar-refractivity contribution in [3.8, 4) is 0 Å². The smallest absolute Gasteiger partial charge is 0.301 e. The van der Waals surface area contributed by atoms with Crippen LogP contribution in [0.15, 0.2) is 60.3 Å². The van der Waals surface area contributed by atoms with Crippen LogP contribution in [0.3, 0.4) is 0 Å². The highest BCUT2D eigenvalue weighted by Crippen LogP contribution is 2.45. The van der Waals surface area contributed by atoms with Crippen LogP contribution < -0.4 is 4.90 Å². The number of anilines is 1. The largest absolute Gasteiger partial charge is 0.505 e. The average molecular weight is 527 g/mol. The van der Waals surface area contributed by atoms with Gasteiger partial charge in [0.05, 0.1) is 21.5 Å². The molecule has 4 heterocycles. The number of rotatable bonds is 3. The number of thiazole rings is 1. The molecule has 0 saturated carbocycles. The monoisotopic (exact) mass is 526 g/mol. The summed E-state index contributed by atoms with van der Waals surface area (Å²) in [6.45, 7) is 7.55. The average Bonchev–Trinajstić information content (AvgIpc) is 3.52. The maximum absolute atomic E-state index is 15.3. The van der Waals surface area contributed by atoms with Gasteiger partial charge >= 0.3 is 5.91 Å². The Labute approximate surface area is 221 Å². The molecule has 1 atom stereocenters. The number of benzene rings is 2. The molecule has 0 aliphatic carbocycles. The molecule has 1 aliphatic rings. The van der Waals surface area contributed by atoms with Crippen LogP contribution in [0.1, 0.15) is 39.7 Å². The lowest BCUT2D eigenvalue weighted by molar-refractivity contribution is -0.132. The van der Waals surface area contributed by atoms with E-state index < -0.39 is 29.3 Å². The number of fused-ring (bicyclic) bond motifs is 2. The third-order valence-corrected chi connectivity index (χ3v) is 7.98. The number of halogens is 1. The molecule has 1 fully saturated rings. The molecule has 1 unspecified atom stereocenters. The van der Waals surface area contributed by atoms with Crippen LogP contribution in [0.2, 0.25) is 0 Å². The van der Waals surface area contributed by atoms with Crippen LogP contribution in [-0.2, 0) is 9.59 Å². The molecule has 9 heteroatoms. The fourth-order valence-electron chi connectivity index (χ4n) is 5.16. The topological polar surface area (TPSA) is 87.8 Å². The van der Waals surface area contributed by atoms with Gasteiger partial charge in [0.2, 0.25) is 0 Å². The number of carbonyl (C=O) groups is 2. The first-order valence-corrected chi connectivity index (χ1v) is 12.9.